The molecule has 2 aliphatic rings. The Bertz CT molecular complexity index is 654. The van der Waals surface area contributed by atoms with E-state index in [4.69, 9.17) is 4.74 Å². The zero-order chi connectivity index (χ0) is 19.3. The molecular weight excluding hydrogens is 344 g/mol. The number of para-hydroxylation sites is 1. The molecule has 27 heavy (non-hydrogen) atoms. The number of ether oxygens (including phenoxy) is 1. The number of methoxy groups -OCH3 is 1. The topological polar surface area (TPSA) is 65.1 Å². The molecule has 7 heteroatoms. The van der Waals surface area contributed by atoms with Gasteiger partial charge >= 0.3 is 6.03 Å². The van der Waals surface area contributed by atoms with E-state index in [9.17, 15) is 9.59 Å². The molecule has 0 aliphatic carbocycles. The average Bonchev–Trinajstić information content (AvgIpc) is 2.83. The summed E-state index contributed by atoms with van der Waals surface area (Å²) in [4.78, 5) is 31.4. The lowest BCUT2D eigenvalue weighted by molar-refractivity contribution is -0.131. The van der Waals surface area contributed by atoms with Gasteiger partial charge in [0.25, 0.3) is 0 Å². The molecular formula is C20H30N4O3. The van der Waals surface area contributed by atoms with E-state index < -0.39 is 0 Å². The molecule has 1 spiro atoms. The van der Waals surface area contributed by atoms with Gasteiger partial charge in [0.15, 0.2) is 0 Å². The number of hydrogen-bond acceptors (Lipinski definition) is 4. The van der Waals surface area contributed by atoms with E-state index in [2.05, 4.69) is 17.3 Å². The predicted molar refractivity (Wildman–Crippen MR) is 105 cm³/mol. The van der Waals surface area contributed by atoms with Gasteiger partial charge in [0.1, 0.15) is 0 Å². The second kappa shape index (κ2) is 8.71. The molecule has 148 valence electrons. The first-order valence-corrected chi connectivity index (χ1v) is 9.63. The summed E-state index contributed by atoms with van der Waals surface area (Å²) in [6, 6.07) is 9.46. The van der Waals surface area contributed by atoms with Gasteiger partial charge in [-0.15, -0.1) is 0 Å². The summed E-state index contributed by atoms with van der Waals surface area (Å²) >= 11 is 0. The van der Waals surface area contributed by atoms with Gasteiger partial charge in [-0.1, -0.05) is 18.2 Å². The van der Waals surface area contributed by atoms with Crippen LogP contribution >= 0.6 is 0 Å². The Morgan fingerprint density at radius 1 is 1.19 bits per heavy atom. The van der Waals surface area contributed by atoms with Gasteiger partial charge in [0, 0.05) is 57.5 Å². The molecule has 1 aromatic rings. The van der Waals surface area contributed by atoms with Crippen molar-refractivity contribution in [3.05, 3.63) is 30.3 Å². The number of anilines is 1. The standard InChI is InChI=1S/C20H30N4O3/c1-22-12-13-24(19(26)21-17-6-4-3-5-7-17)16-20(22)9-8-18(25)23(11-10-20)14-15-27-2/h3-7H,8-16H2,1-2H3,(H,21,26)/t20-/m0/s1. The normalized spacial score (nSPS) is 24.1. The van der Waals surface area contributed by atoms with Crippen LogP contribution in [0.4, 0.5) is 10.5 Å². The molecule has 2 fully saturated rings. The van der Waals surface area contributed by atoms with Gasteiger partial charge in [0.05, 0.1) is 6.61 Å². The first-order valence-electron chi connectivity index (χ1n) is 9.63. The monoisotopic (exact) mass is 374 g/mol. The van der Waals surface area contributed by atoms with E-state index in [1.165, 1.54) is 0 Å². The zero-order valence-corrected chi connectivity index (χ0v) is 16.3. The minimum absolute atomic E-state index is 0.0690. The van der Waals surface area contributed by atoms with Crippen molar-refractivity contribution >= 4 is 17.6 Å². The summed E-state index contributed by atoms with van der Waals surface area (Å²) < 4.78 is 5.13. The third kappa shape index (κ3) is 4.59. The van der Waals surface area contributed by atoms with Crippen LogP contribution in [0.1, 0.15) is 19.3 Å². The van der Waals surface area contributed by atoms with E-state index in [1.54, 1.807) is 7.11 Å². The van der Waals surface area contributed by atoms with Crippen molar-refractivity contribution in [2.45, 2.75) is 24.8 Å². The molecule has 1 atom stereocenters. The molecule has 3 amide bonds. The number of carbonyl (C=O) groups is 2. The van der Waals surface area contributed by atoms with Crippen molar-refractivity contribution in [2.75, 3.05) is 58.8 Å². The first kappa shape index (κ1) is 19.6. The molecule has 7 nitrogen and oxygen atoms in total. The van der Waals surface area contributed by atoms with Crippen molar-refractivity contribution in [3.63, 3.8) is 0 Å². The number of piperazine rings is 1. The summed E-state index contributed by atoms with van der Waals surface area (Å²) in [5, 5.41) is 2.98. The Labute approximate surface area is 161 Å². The summed E-state index contributed by atoms with van der Waals surface area (Å²) in [6.45, 7) is 4.05. The van der Waals surface area contributed by atoms with Crippen LogP contribution in [0.3, 0.4) is 0 Å². The van der Waals surface area contributed by atoms with Crippen LogP contribution in [0.15, 0.2) is 30.3 Å². The van der Waals surface area contributed by atoms with E-state index in [-0.39, 0.29) is 17.5 Å². The van der Waals surface area contributed by atoms with Crippen LogP contribution in [0.2, 0.25) is 0 Å². The smallest absolute Gasteiger partial charge is 0.321 e. The van der Waals surface area contributed by atoms with Crippen LogP contribution in [0, 0.1) is 0 Å². The first-order chi connectivity index (χ1) is 13.0. The number of likely N-dealkylation sites (N-methyl/N-ethyl adjacent to an activating group) is 1. The summed E-state index contributed by atoms with van der Waals surface area (Å²) in [7, 11) is 3.77. The lowest BCUT2D eigenvalue weighted by atomic mass is 9.86. The molecule has 0 aromatic heterocycles. The molecule has 2 saturated heterocycles. The number of nitrogens with one attached hydrogen (secondary N) is 1. The zero-order valence-electron chi connectivity index (χ0n) is 16.3. The van der Waals surface area contributed by atoms with E-state index in [1.807, 2.05) is 40.1 Å². The number of benzene rings is 1. The van der Waals surface area contributed by atoms with Crippen molar-refractivity contribution in [2.24, 2.45) is 0 Å². The molecule has 0 radical (unpaired) electrons. The average molecular weight is 374 g/mol. The fourth-order valence-corrected chi connectivity index (χ4v) is 4.03. The molecule has 1 N–H and O–H groups in total. The van der Waals surface area contributed by atoms with Crippen LogP contribution in [0.25, 0.3) is 0 Å². The highest BCUT2D eigenvalue weighted by molar-refractivity contribution is 5.89. The lowest BCUT2D eigenvalue weighted by Gasteiger charge is -2.49. The SMILES string of the molecule is COCCN1CC[C@@]2(CCC1=O)CN(C(=O)Nc1ccccc1)CCN2C. The van der Waals surface area contributed by atoms with E-state index in [0.717, 1.165) is 25.1 Å². The number of rotatable bonds is 4. The summed E-state index contributed by atoms with van der Waals surface area (Å²) in [5.41, 5.74) is 0.654. The van der Waals surface area contributed by atoms with Crippen LogP contribution in [-0.4, -0.2) is 85.7 Å². The van der Waals surface area contributed by atoms with Crippen LogP contribution < -0.4 is 5.32 Å². The third-order valence-electron chi connectivity index (χ3n) is 5.88. The highest BCUT2D eigenvalue weighted by Crippen LogP contribution is 2.32. The minimum atomic E-state index is -0.149. The highest BCUT2D eigenvalue weighted by atomic mass is 16.5. The third-order valence-corrected chi connectivity index (χ3v) is 5.88. The Kier molecular flexibility index (Phi) is 6.34. The van der Waals surface area contributed by atoms with Gasteiger partial charge in [-0.05, 0) is 32.0 Å². The fourth-order valence-electron chi connectivity index (χ4n) is 4.03. The van der Waals surface area contributed by atoms with Crippen molar-refractivity contribution < 1.29 is 14.3 Å². The minimum Gasteiger partial charge on any atom is -0.383 e. The number of nitrogens with zero attached hydrogens (tertiary/aromatic N) is 3. The van der Waals surface area contributed by atoms with Gasteiger partial charge < -0.3 is 19.9 Å². The van der Waals surface area contributed by atoms with Crippen molar-refractivity contribution in [1.29, 1.82) is 0 Å². The molecule has 2 heterocycles. The van der Waals surface area contributed by atoms with Gasteiger partial charge in [-0.25, -0.2) is 4.79 Å². The number of hydrogen-bond donors (Lipinski definition) is 1. The molecule has 0 bridgehead atoms. The Morgan fingerprint density at radius 2 is 1.96 bits per heavy atom. The molecule has 1 aromatic carbocycles. The highest BCUT2D eigenvalue weighted by Gasteiger charge is 2.43. The van der Waals surface area contributed by atoms with Gasteiger partial charge in [0.2, 0.25) is 5.91 Å². The van der Waals surface area contributed by atoms with Crippen LogP contribution in [0.5, 0.6) is 0 Å². The molecule has 3 rings (SSSR count). The number of likely N-dealkylation sites (tertiary alicyclic amines) is 1. The van der Waals surface area contributed by atoms with E-state index in [0.29, 0.717) is 39.2 Å². The maximum Gasteiger partial charge on any atom is 0.321 e. The summed E-state index contributed by atoms with van der Waals surface area (Å²) in [6.07, 6.45) is 2.16. The predicted octanol–water partition coefficient (Wildman–Crippen LogP) is 1.86. The molecule has 2 aliphatic heterocycles. The largest absolute Gasteiger partial charge is 0.383 e. The van der Waals surface area contributed by atoms with Gasteiger partial charge in [-0.3, -0.25) is 9.69 Å². The maximum absolute atomic E-state index is 12.8. The number of amides is 3. The lowest BCUT2D eigenvalue weighted by Crippen LogP contribution is -2.62. The number of urea groups is 1. The van der Waals surface area contributed by atoms with Crippen molar-refractivity contribution in [1.82, 2.24) is 14.7 Å². The van der Waals surface area contributed by atoms with E-state index >= 15 is 0 Å². The van der Waals surface area contributed by atoms with Gasteiger partial charge in [-0.2, -0.15) is 0 Å². The summed E-state index contributed by atoms with van der Waals surface area (Å²) in [5.74, 6) is 0.184. The number of carbonyl (C=O) groups excluding carboxylic acids is 2. The Morgan fingerprint density at radius 3 is 2.70 bits per heavy atom. The quantitative estimate of drug-likeness (QED) is 0.874. The Hall–Kier alpha value is -2.12. The molecule has 0 unspecified atom stereocenters. The maximum atomic E-state index is 12.8. The van der Waals surface area contributed by atoms with Crippen molar-refractivity contribution in [3.8, 4) is 0 Å². The second-order valence-corrected chi connectivity index (χ2v) is 7.49. The second-order valence-electron chi connectivity index (χ2n) is 7.49. The Balaban J connectivity index is 1.67. The fraction of sp³-hybridized carbons (Fsp3) is 0.600. The van der Waals surface area contributed by atoms with Crippen LogP contribution in [-0.2, 0) is 9.53 Å². The molecule has 0 saturated carbocycles.